The number of hydrogen-bond acceptors (Lipinski definition) is 3. The molecule has 0 fully saturated rings. The molecule has 2 amide bonds. The number of urea groups is 1. The fraction of sp³-hybridized carbons (Fsp3) is 0.429. The Morgan fingerprint density at radius 3 is 2.40 bits per heavy atom. The predicted molar refractivity (Wildman–Crippen MR) is 140 cm³/mol. The Hall–Kier alpha value is -2.83. The number of aryl methyl sites for hydroxylation is 1. The number of halogens is 1. The van der Waals surface area contributed by atoms with Crippen molar-refractivity contribution < 1.29 is 19.4 Å². The number of nitrogens with zero attached hydrogens (tertiary/aromatic N) is 1. The van der Waals surface area contributed by atoms with Gasteiger partial charge in [-0.05, 0) is 72.2 Å². The van der Waals surface area contributed by atoms with E-state index in [-0.39, 0.29) is 22.9 Å². The van der Waals surface area contributed by atoms with Gasteiger partial charge in [-0.15, -0.1) is 0 Å². The summed E-state index contributed by atoms with van der Waals surface area (Å²) in [5.41, 5.74) is 3.10. The predicted octanol–water partition coefficient (Wildman–Crippen LogP) is 6.63. The largest absolute Gasteiger partial charge is 0.478 e. The molecular weight excluding hydrogens is 464 g/mol. The van der Waals surface area contributed by atoms with Crippen molar-refractivity contribution in [2.75, 3.05) is 18.6 Å². The molecule has 3 rings (SSSR count). The number of anilines is 1. The van der Waals surface area contributed by atoms with Crippen LogP contribution in [-0.2, 0) is 16.7 Å². The Bertz CT molecular complexity index is 1120. The number of methoxy groups -OCH3 is 1. The van der Waals surface area contributed by atoms with Crippen molar-refractivity contribution in [1.82, 2.24) is 5.32 Å². The van der Waals surface area contributed by atoms with E-state index in [2.05, 4.69) is 39.1 Å². The third-order valence-electron chi connectivity index (χ3n) is 6.54. The van der Waals surface area contributed by atoms with Crippen LogP contribution in [0, 0.1) is 11.3 Å². The van der Waals surface area contributed by atoms with Gasteiger partial charge in [0.1, 0.15) is 0 Å². The van der Waals surface area contributed by atoms with Crippen molar-refractivity contribution in [1.29, 1.82) is 0 Å². The molecule has 1 aliphatic heterocycles. The van der Waals surface area contributed by atoms with Crippen molar-refractivity contribution in [3.05, 3.63) is 76.0 Å². The second-order valence-electron chi connectivity index (χ2n) is 10.6. The minimum Gasteiger partial charge on any atom is -0.478 e. The summed E-state index contributed by atoms with van der Waals surface area (Å²) in [5.74, 6) is -1.02. The molecule has 0 bridgehead atoms. The van der Waals surface area contributed by atoms with Crippen LogP contribution in [0.3, 0.4) is 0 Å². The zero-order valence-corrected chi connectivity index (χ0v) is 22.1. The molecule has 2 N–H and O–H groups in total. The number of carboxylic acids is 1. The molecule has 0 saturated heterocycles. The highest BCUT2D eigenvalue weighted by atomic mass is 35.5. The van der Waals surface area contributed by atoms with E-state index in [9.17, 15) is 14.7 Å². The Labute approximate surface area is 212 Å². The Balaban J connectivity index is 2.01. The van der Waals surface area contributed by atoms with Gasteiger partial charge in [0.2, 0.25) is 0 Å². The number of nitrogens with one attached hydrogen (secondary N) is 1. The zero-order valence-electron chi connectivity index (χ0n) is 21.3. The van der Waals surface area contributed by atoms with Gasteiger partial charge in [-0.3, -0.25) is 4.90 Å². The minimum atomic E-state index is -1.01. The first-order chi connectivity index (χ1) is 16.4. The summed E-state index contributed by atoms with van der Waals surface area (Å²) in [5, 5.41) is 13.1. The molecule has 0 aromatic heterocycles. The van der Waals surface area contributed by atoms with Gasteiger partial charge >= 0.3 is 12.0 Å². The Kier molecular flexibility index (Phi) is 7.97. The van der Waals surface area contributed by atoms with Crippen LogP contribution in [0.5, 0.6) is 0 Å². The summed E-state index contributed by atoms with van der Waals surface area (Å²) in [6.45, 7) is 11.1. The molecule has 2 atom stereocenters. The van der Waals surface area contributed by atoms with Gasteiger partial charge < -0.3 is 15.2 Å². The molecule has 35 heavy (non-hydrogen) atoms. The number of rotatable bonds is 8. The number of carbonyl (C=O) groups excluding carboxylic acids is 1. The molecule has 1 aliphatic rings. The van der Waals surface area contributed by atoms with E-state index >= 15 is 0 Å². The molecule has 0 unspecified atom stereocenters. The molecule has 188 valence electrons. The molecular formula is C28H35ClN2O4. The lowest BCUT2D eigenvalue weighted by atomic mass is 9.77. The van der Waals surface area contributed by atoms with E-state index in [1.54, 1.807) is 19.2 Å². The minimum absolute atomic E-state index is 0.00858. The summed E-state index contributed by atoms with van der Waals surface area (Å²) >= 11 is 6.71. The van der Waals surface area contributed by atoms with Gasteiger partial charge in [0.05, 0.1) is 23.4 Å². The summed E-state index contributed by atoms with van der Waals surface area (Å²) in [6.07, 6.45) is 3.74. The summed E-state index contributed by atoms with van der Waals surface area (Å²) in [6, 6.07) is 12.0. The monoisotopic (exact) mass is 498 g/mol. The van der Waals surface area contributed by atoms with Gasteiger partial charge in [-0.1, -0.05) is 51.4 Å². The molecule has 0 radical (unpaired) electrons. The van der Waals surface area contributed by atoms with Crippen molar-refractivity contribution in [2.24, 2.45) is 11.3 Å². The van der Waals surface area contributed by atoms with Crippen molar-refractivity contribution >= 4 is 29.3 Å². The molecule has 0 spiro atoms. The topological polar surface area (TPSA) is 78.9 Å². The SMILES string of the molecule is COC[C@@H](C)C1=CN(c2ccc(C(=O)O)cc2)C(=O)N[C@@]1(C)c1ccc(CCC(C)(C)C)c(Cl)c1. The summed E-state index contributed by atoms with van der Waals surface area (Å²) in [4.78, 5) is 26.0. The highest BCUT2D eigenvalue weighted by Gasteiger charge is 2.41. The average molecular weight is 499 g/mol. The van der Waals surface area contributed by atoms with E-state index < -0.39 is 11.5 Å². The average Bonchev–Trinajstić information content (AvgIpc) is 2.78. The highest BCUT2D eigenvalue weighted by Crippen LogP contribution is 2.40. The summed E-state index contributed by atoms with van der Waals surface area (Å²) < 4.78 is 5.44. The number of hydrogen-bond donors (Lipinski definition) is 2. The van der Waals surface area contributed by atoms with Gasteiger partial charge in [-0.25, -0.2) is 9.59 Å². The van der Waals surface area contributed by atoms with Gasteiger partial charge in [-0.2, -0.15) is 0 Å². The van der Waals surface area contributed by atoms with Gasteiger partial charge in [0.15, 0.2) is 0 Å². The molecule has 6 nitrogen and oxygen atoms in total. The van der Waals surface area contributed by atoms with Crippen molar-refractivity contribution in [2.45, 2.75) is 53.0 Å². The lowest BCUT2D eigenvalue weighted by molar-refractivity contribution is 0.0697. The van der Waals surface area contributed by atoms with Crippen LogP contribution in [0.25, 0.3) is 0 Å². The lowest BCUT2D eigenvalue weighted by Crippen LogP contribution is -2.55. The third kappa shape index (κ3) is 6.06. The van der Waals surface area contributed by atoms with Crippen LogP contribution in [0.1, 0.15) is 62.5 Å². The smallest absolute Gasteiger partial charge is 0.335 e. The van der Waals surface area contributed by atoms with E-state index in [1.807, 2.05) is 25.3 Å². The first-order valence-corrected chi connectivity index (χ1v) is 12.2. The lowest BCUT2D eigenvalue weighted by Gasteiger charge is -2.43. The number of carboxylic acid groups (broad SMARTS) is 1. The van der Waals surface area contributed by atoms with Crippen LogP contribution in [-0.4, -0.2) is 30.8 Å². The van der Waals surface area contributed by atoms with E-state index in [0.29, 0.717) is 17.3 Å². The first kappa shape index (κ1) is 26.8. The van der Waals surface area contributed by atoms with Gasteiger partial charge in [0, 0.05) is 24.3 Å². The number of amides is 2. The normalized spacial score (nSPS) is 19.2. The van der Waals surface area contributed by atoms with Crippen LogP contribution in [0.2, 0.25) is 5.02 Å². The van der Waals surface area contributed by atoms with Crippen LogP contribution >= 0.6 is 11.6 Å². The maximum Gasteiger partial charge on any atom is 0.335 e. The number of benzene rings is 2. The molecule has 1 heterocycles. The molecule has 0 saturated carbocycles. The maximum atomic E-state index is 13.3. The maximum absolute atomic E-state index is 13.3. The van der Waals surface area contributed by atoms with Crippen molar-refractivity contribution in [3.63, 3.8) is 0 Å². The molecule has 2 aromatic carbocycles. The van der Waals surface area contributed by atoms with E-state index in [0.717, 1.165) is 29.5 Å². The molecule has 2 aromatic rings. The Morgan fingerprint density at radius 2 is 1.86 bits per heavy atom. The second kappa shape index (κ2) is 10.4. The molecule has 7 heteroatoms. The van der Waals surface area contributed by atoms with E-state index in [1.165, 1.54) is 17.0 Å². The molecule has 0 aliphatic carbocycles. The van der Waals surface area contributed by atoms with Crippen LogP contribution in [0.15, 0.2) is 54.2 Å². The summed E-state index contributed by atoms with van der Waals surface area (Å²) in [7, 11) is 1.65. The highest BCUT2D eigenvalue weighted by molar-refractivity contribution is 6.31. The Morgan fingerprint density at radius 1 is 1.20 bits per heavy atom. The fourth-order valence-electron chi connectivity index (χ4n) is 4.40. The van der Waals surface area contributed by atoms with Crippen LogP contribution < -0.4 is 10.2 Å². The van der Waals surface area contributed by atoms with Crippen molar-refractivity contribution in [3.8, 4) is 0 Å². The number of ether oxygens (including phenoxy) is 1. The number of carbonyl (C=O) groups is 2. The third-order valence-corrected chi connectivity index (χ3v) is 6.89. The zero-order chi connectivity index (χ0) is 26.0. The van der Waals surface area contributed by atoms with Crippen LogP contribution in [0.4, 0.5) is 10.5 Å². The second-order valence-corrected chi connectivity index (χ2v) is 11.0. The fourth-order valence-corrected chi connectivity index (χ4v) is 4.67. The first-order valence-electron chi connectivity index (χ1n) is 11.8. The number of aromatic carboxylic acids is 1. The standard InChI is InChI=1S/C28H35ClN2O4/c1-18(17-35-6)23-16-31(22-11-8-20(9-12-22)25(32)33)26(34)30-28(23,5)21-10-7-19(24(29)15-21)13-14-27(2,3)4/h7-12,15-16,18H,13-14,17H2,1-6H3,(H,30,34)(H,32,33)/t18-,28+/m1/s1. The van der Waals surface area contributed by atoms with Gasteiger partial charge in [0.25, 0.3) is 0 Å². The van der Waals surface area contributed by atoms with E-state index in [4.69, 9.17) is 16.3 Å². The quantitative estimate of drug-likeness (QED) is 0.428.